The Bertz CT molecular complexity index is 754. The lowest BCUT2D eigenvalue weighted by Gasteiger charge is -2.03. The Morgan fingerprint density at radius 1 is 1.21 bits per heavy atom. The van der Waals surface area contributed by atoms with Crippen LogP contribution in [0.25, 0.3) is 11.5 Å². The van der Waals surface area contributed by atoms with Crippen molar-refractivity contribution >= 4 is 5.65 Å². The van der Waals surface area contributed by atoms with Gasteiger partial charge in [-0.3, -0.25) is 4.40 Å². The normalized spacial score (nSPS) is 11.4. The van der Waals surface area contributed by atoms with Gasteiger partial charge in [0, 0.05) is 11.9 Å². The van der Waals surface area contributed by atoms with Crippen molar-refractivity contribution in [2.45, 2.75) is 27.4 Å². The fourth-order valence-corrected chi connectivity index (χ4v) is 2.28. The molecule has 0 unspecified atom stereocenters. The van der Waals surface area contributed by atoms with Gasteiger partial charge >= 0.3 is 0 Å². The highest BCUT2D eigenvalue weighted by molar-refractivity contribution is 5.49. The summed E-state index contributed by atoms with van der Waals surface area (Å²) in [6, 6.07) is 5.77. The average molecular weight is 256 g/mol. The standard InChI is InChI=1S/C14H16N4O/c1-9-10(2)16-18(11(9)3)14-12(8-19)17-7-5-4-6-13(17)15-14/h4-7,19H,8H2,1-3H3. The molecule has 98 valence electrons. The van der Waals surface area contributed by atoms with Gasteiger partial charge in [0.05, 0.1) is 18.0 Å². The van der Waals surface area contributed by atoms with Gasteiger partial charge in [0.15, 0.2) is 5.82 Å². The number of aliphatic hydroxyl groups excluding tert-OH is 1. The predicted molar refractivity (Wildman–Crippen MR) is 72.4 cm³/mol. The van der Waals surface area contributed by atoms with E-state index in [1.165, 1.54) is 0 Å². The summed E-state index contributed by atoms with van der Waals surface area (Å²) in [5.41, 5.74) is 4.75. The molecule has 0 atom stereocenters. The Balaban J connectivity index is 2.33. The minimum Gasteiger partial charge on any atom is -0.390 e. The maximum Gasteiger partial charge on any atom is 0.178 e. The van der Waals surface area contributed by atoms with Crippen LogP contribution in [0, 0.1) is 20.8 Å². The molecule has 3 rings (SSSR count). The molecule has 0 saturated carbocycles. The van der Waals surface area contributed by atoms with Crippen LogP contribution in [-0.2, 0) is 6.61 Å². The zero-order valence-corrected chi connectivity index (χ0v) is 11.3. The summed E-state index contributed by atoms with van der Waals surface area (Å²) in [5.74, 6) is 0.697. The molecule has 5 nitrogen and oxygen atoms in total. The van der Waals surface area contributed by atoms with Gasteiger partial charge in [-0.1, -0.05) is 6.07 Å². The first kappa shape index (κ1) is 11.9. The molecule has 3 aromatic rings. The van der Waals surface area contributed by atoms with Crippen LogP contribution in [0.2, 0.25) is 0 Å². The third-order valence-electron chi connectivity index (χ3n) is 3.61. The van der Waals surface area contributed by atoms with E-state index in [2.05, 4.69) is 10.1 Å². The average Bonchev–Trinajstić information content (AvgIpc) is 2.91. The Kier molecular flexibility index (Phi) is 2.64. The van der Waals surface area contributed by atoms with Crippen LogP contribution >= 0.6 is 0 Å². The third kappa shape index (κ3) is 1.66. The zero-order chi connectivity index (χ0) is 13.6. The Morgan fingerprint density at radius 2 is 2.00 bits per heavy atom. The maximum atomic E-state index is 9.63. The summed E-state index contributed by atoms with van der Waals surface area (Å²) in [6.07, 6.45) is 1.90. The van der Waals surface area contributed by atoms with Crippen molar-refractivity contribution in [2.24, 2.45) is 0 Å². The highest BCUT2D eigenvalue weighted by Gasteiger charge is 2.17. The molecule has 5 heteroatoms. The Hall–Kier alpha value is -2.14. The molecular formula is C14H16N4O. The first-order valence-corrected chi connectivity index (χ1v) is 6.23. The highest BCUT2D eigenvalue weighted by Crippen LogP contribution is 2.21. The van der Waals surface area contributed by atoms with E-state index < -0.39 is 0 Å². The topological polar surface area (TPSA) is 55.4 Å². The predicted octanol–water partition coefficient (Wildman–Crippen LogP) is 1.94. The molecule has 3 heterocycles. The molecule has 0 aliphatic heterocycles. The SMILES string of the molecule is Cc1nn(-c2nc3ccccn3c2CO)c(C)c1C. The Labute approximate surface area is 111 Å². The van der Waals surface area contributed by atoms with E-state index in [4.69, 9.17) is 0 Å². The van der Waals surface area contributed by atoms with Crippen molar-refractivity contribution in [3.8, 4) is 5.82 Å². The van der Waals surface area contributed by atoms with Crippen molar-refractivity contribution < 1.29 is 5.11 Å². The summed E-state index contributed by atoms with van der Waals surface area (Å²) in [4.78, 5) is 4.57. The molecule has 0 amide bonds. The van der Waals surface area contributed by atoms with Crippen LogP contribution in [0.3, 0.4) is 0 Å². The minimum absolute atomic E-state index is 0.0715. The number of aromatic nitrogens is 4. The number of hydrogen-bond donors (Lipinski definition) is 1. The lowest BCUT2D eigenvalue weighted by Crippen LogP contribution is -2.04. The van der Waals surface area contributed by atoms with E-state index >= 15 is 0 Å². The number of aryl methyl sites for hydroxylation is 1. The van der Waals surface area contributed by atoms with Crippen LogP contribution in [0.5, 0.6) is 0 Å². The van der Waals surface area contributed by atoms with Crippen LogP contribution in [-0.4, -0.2) is 24.3 Å². The van der Waals surface area contributed by atoms with Gasteiger partial charge in [-0.15, -0.1) is 0 Å². The largest absolute Gasteiger partial charge is 0.390 e. The van der Waals surface area contributed by atoms with Gasteiger partial charge in [0.25, 0.3) is 0 Å². The van der Waals surface area contributed by atoms with Crippen LogP contribution < -0.4 is 0 Å². The fraction of sp³-hybridized carbons (Fsp3) is 0.286. The summed E-state index contributed by atoms with van der Waals surface area (Å²) >= 11 is 0. The number of aliphatic hydroxyl groups is 1. The molecule has 0 aliphatic carbocycles. The van der Waals surface area contributed by atoms with Gasteiger partial charge in [-0.2, -0.15) is 5.10 Å². The third-order valence-corrected chi connectivity index (χ3v) is 3.61. The molecule has 0 saturated heterocycles. The van der Waals surface area contributed by atoms with E-state index in [9.17, 15) is 5.11 Å². The second kappa shape index (κ2) is 4.20. The van der Waals surface area contributed by atoms with Gasteiger partial charge in [-0.25, -0.2) is 9.67 Å². The van der Waals surface area contributed by atoms with Gasteiger partial charge in [0.2, 0.25) is 0 Å². The van der Waals surface area contributed by atoms with Crippen molar-refractivity contribution in [3.63, 3.8) is 0 Å². The lowest BCUT2D eigenvalue weighted by atomic mass is 10.2. The van der Waals surface area contributed by atoms with Crippen molar-refractivity contribution in [2.75, 3.05) is 0 Å². The van der Waals surface area contributed by atoms with E-state index in [0.717, 1.165) is 28.3 Å². The molecular weight excluding hydrogens is 240 g/mol. The van der Waals surface area contributed by atoms with E-state index in [1.54, 1.807) is 0 Å². The van der Waals surface area contributed by atoms with Crippen molar-refractivity contribution in [1.82, 2.24) is 19.2 Å². The van der Waals surface area contributed by atoms with Gasteiger partial charge < -0.3 is 5.11 Å². The summed E-state index contributed by atoms with van der Waals surface area (Å²) in [6.45, 7) is 5.97. The second-order valence-corrected chi connectivity index (χ2v) is 4.68. The number of hydrogen-bond acceptors (Lipinski definition) is 3. The quantitative estimate of drug-likeness (QED) is 0.762. The molecule has 0 fully saturated rings. The molecule has 0 radical (unpaired) electrons. The van der Waals surface area contributed by atoms with Crippen molar-refractivity contribution in [3.05, 3.63) is 47.0 Å². The molecule has 19 heavy (non-hydrogen) atoms. The van der Waals surface area contributed by atoms with Crippen LogP contribution in [0.4, 0.5) is 0 Å². The monoisotopic (exact) mass is 256 g/mol. The van der Waals surface area contributed by atoms with Crippen molar-refractivity contribution in [1.29, 1.82) is 0 Å². The molecule has 0 bridgehead atoms. The summed E-state index contributed by atoms with van der Waals surface area (Å²) in [5, 5.41) is 14.1. The number of nitrogens with zero attached hydrogens (tertiary/aromatic N) is 4. The fourth-order valence-electron chi connectivity index (χ4n) is 2.28. The number of pyridine rings is 1. The lowest BCUT2D eigenvalue weighted by molar-refractivity contribution is 0.275. The van der Waals surface area contributed by atoms with Crippen LogP contribution in [0.15, 0.2) is 24.4 Å². The van der Waals surface area contributed by atoms with Gasteiger partial charge in [-0.05, 0) is 38.5 Å². The molecule has 0 aromatic carbocycles. The number of imidazole rings is 1. The minimum atomic E-state index is -0.0715. The molecule has 1 N–H and O–H groups in total. The van der Waals surface area contributed by atoms with Gasteiger partial charge in [0.1, 0.15) is 5.65 Å². The first-order valence-electron chi connectivity index (χ1n) is 6.23. The van der Waals surface area contributed by atoms with E-state index in [1.807, 2.05) is 54.2 Å². The number of fused-ring (bicyclic) bond motifs is 1. The van der Waals surface area contributed by atoms with E-state index in [0.29, 0.717) is 5.82 Å². The smallest absolute Gasteiger partial charge is 0.178 e. The Morgan fingerprint density at radius 3 is 2.63 bits per heavy atom. The maximum absolute atomic E-state index is 9.63. The highest BCUT2D eigenvalue weighted by atomic mass is 16.3. The molecule has 3 aromatic heterocycles. The summed E-state index contributed by atoms with van der Waals surface area (Å²) in [7, 11) is 0. The molecule has 0 aliphatic rings. The second-order valence-electron chi connectivity index (χ2n) is 4.68. The number of rotatable bonds is 2. The van der Waals surface area contributed by atoms with E-state index in [-0.39, 0.29) is 6.61 Å². The van der Waals surface area contributed by atoms with Crippen LogP contribution in [0.1, 0.15) is 22.6 Å². The summed E-state index contributed by atoms with van der Waals surface area (Å²) < 4.78 is 3.70. The molecule has 0 spiro atoms. The zero-order valence-electron chi connectivity index (χ0n) is 11.3. The first-order chi connectivity index (χ1) is 9.13.